The van der Waals surface area contributed by atoms with Crippen LogP contribution in [0.5, 0.6) is 17.2 Å². The van der Waals surface area contributed by atoms with Gasteiger partial charge in [-0.05, 0) is 36.4 Å². The molecule has 0 aliphatic heterocycles. The molecule has 1 heterocycles. The van der Waals surface area contributed by atoms with E-state index >= 15 is 0 Å². The van der Waals surface area contributed by atoms with Gasteiger partial charge in [-0.2, -0.15) is 0 Å². The van der Waals surface area contributed by atoms with Gasteiger partial charge in [0.25, 0.3) is 0 Å². The van der Waals surface area contributed by atoms with Gasteiger partial charge >= 0.3 is 6.01 Å². The summed E-state index contributed by atoms with van der Waals surface area (Å²) in [7, 11) is 4.50. The Morgan fingerprint density at radius 3 is 2.31 bits per heavy atom. The molecule has 1 N–H and O–H groups in total. The van der Waals surface area contributed by atoms with E-state index in [9.17, 15) is 9.18 Å². The van der Waals surface area contributed by atoms with E-state index in [2.05, 4.69) is 15.5 Å². The summed E-state index contributed by atoms with van der Waals surface area (Å²) in [6.45, 7) is 0. The van der Waals surface area contributed by atoms with Crippen molar-refractivity contribution in [2.75, 3.05) is 32.4 Å². The zero-order chi connectivity index (χ0) is 20.8. The number of ether oxygens (including phenoxy) is 3. The predicted molar refractivity (Wildman–Crippen MR) is 105 cm³/mol. The van der Waals surface area contributed by atoms with E-state index in [1.165, 1.54) is 45.2 Å². The summed E-state index contributed by atoms with van der Waals surface area (Å²) in [4.78, 5) is 12.9. The van der Waals surface area contributed by atoms with Crippen LogP contribution in [0.3, 0.4) is 0 Å². The lowest BCUT2D eigenvalue weighted by Gasteiger charge is -2.12. The number of halogens is 1. The fraction of sp³-hybridized carbons (Fsp3) is 0.211. The van der Waals surface area contributed by atoms with Crippen LogP contribution in [0.1, 0.15) is 0 Å². The van der Waals surface area contributed by atoms with Crippen molar-refractivity contribution in [1.29, 1.82) is 0 Å². The van der Waals surface area contributed by atoms with Crippen molar-refractivity contribution >= 4 is 23.7 Å². The molecule has 0 bridgehead atoms. The lowest BCUT2D eigenvalue weighted by molar-refractivity contribution is -0.113. The number of hydrogen-bond acceptors (Lipinski definition) is 8. The van der Waals surface area contributed by atoms with Crippen molar-refractivity contribution in [3.8, 4) is 28.7 Å². The molecule has 0 saturated carbocycles. The maximum atomic E-state index is 12.9. The van der Waals surface area contributed by atoms with Crippen molar-refractivity contribution in [3.63, 3.8) is 0 Å². The molecular weight excluding hydrogens is 401 g/mol. The van der Waals surface area contributed by atoms with Crippen LogP contribution in [-0.4, -0.2) is 43.2 Å². The molecule has 3 aromatic rings. The smallest absolute Gasteiger partial charge is 0.322 e. The average Bonchev–Trinajstić information content (AvgIpc) is 3.20. The fourth-order valence-electron chi connectivity index (χ4n) is 2.43. The van der Waals surface area contributed by atoms with E-state index in [0.29, 0.717) is 22.8 Å². The molecule has 3 rings (SSSR count). The van der Waals surface area contributed by atoms with Gasteiger partial charge in [0.15, 0.2) is 11.5 Å². The number of anilines is 1. The van der Waals surface area contributed by atoms with E-state index in [0.717, 1.165) is 4.90 Å². The molecule has 0 aliphatic carbocycles. The van der Waals surface area contributed by atoms with Crippen LogP contribution in [0.15, 0.2) is 45.7 Å². The van der Waals surface area contributed by atoms with Crippen molar-refractivity contribution in [2.45, 2.75) is 4.90 Å². The molecule has 0 aliphatic rings. The third-order valence-corrected chi connectivity index (χ3v) is 4.78. The predicted octanol–water partition coefficient (Wildman–Crippen LogP) is 3.63. The summed E-state index contributed by atoms with van der Waals surface area (Å²) in [6.07, 6.45) is 0. The average molecular weight is 419 g/mol. The summed E-state index contributed by atoms with van der Waals surface area (Å²) >= 11 is 1.26. The maximum Gasteiger partial charge on any atom is 0.322 e. The van der Waals surface area contributed by atoms with Crippen molar-refractivity contribution in [2.24, 2.45) is 0 Å². The second kappa shape index (κ2) is 9.28. The Hall–Kier alpha value is -3.27. The SMILES string of the molecule is COc1cc(-c2nnc(NC(=O)CSc3ccc(F)cc3)o2)cc(OC)c1OC. The van der Waals surface area contributed by atoms with Crippen LogP contribution < -0.4 is 19.5 Å². The molecule has 8 nitrogen and oxygen atoms in total. The number of carbonyl (C=O) groups is 1. The molecule has 0 atom stereocenters. The van der Waals surface area contributed by atoms with Gasteiger partial charge in [-0.25, -0.2) is 4.39 Å². The highest BCUT2D eigenvalue weighted by molar-refractivity contribution is 8.00. The first-order valence-electron chi connectivity index (χ1n) is 8.36. The minimum absolute atomic E-state index is 0.0431. The number of methoxy groups -OCH3 is 3. The molecule has 29 heavy (non-hydrogen) atoms. The number of nitrogens with zero attached hydrogens (tertiary/aromatic N) is 2. The summed E-state index contributed by atoms with van der Waals surface area (Å²) in [5, 5.41) is 10.3. The Kier molecular flexibility index (Phi) is 6.55. The van der Waals surface area contributed by atoms with E-state index in [4.69, 9.17) is 18.6 Å². The minimum atomic E-state index is -0.334. The van der Waals surface area contributed by atoms with E-state index < -0.39 is 0 Å². The number of rotatable bonds is 8. The fourth-order valence-corrected chi connectivity index (χ4v) is 3.13. The molecular formula is C19H18FN3O5S. The van der Waals surface area contributed by atoms with Gasteiger partial charge in [0.05, 0.1) is 27.1 Å². The van der Waals surface area contributed by atoms with Crippen molar-refractivity contribution in [3.05, 3.63) is 42.2 Å². The van der Waals surface area contributed by atoms with E-state index in [-0.39, 0.29) is 29.4 Å². The lowest BCUT2D eigenvalue weighted by atomic mass is 10.2. The minimum Gasteiger partial charge on any atom is -0.493 e. The molecule has 152 valence electrons. The highest BCUT2D eigenvalue weighted by Crippen LogP contribution is 2.41. The second-order valence-corrected chi connectivity index (χ2v) is 6.67. The van der Waals surface area contributed by atoms with Crippen molar-refractivity contribution < 1.29 is 27.8 Å². The molecule has 0 radical (unpaired) electrons. The van der Waals surface area contributed by atoms with Crippen LogP contribution in [0.4, 0.5) is 10.4 Å². The molecule has 0 saturated heterocycles. The molecule has 2 aromatic carbocycles. The summed E-state index contributed by atoms with van der Waals surface area (Å²) in [5.41, 5.74) is 0.535. The first-order valence-corrected chi connectivity index (χ1v) is 9.34. The molecule has 0 spiro atoms. The first-order chi connectivity index (χ1) is 14.0. The topological polar surface area (TPSA) is 95.7 Å². The van der Waals surface area contributed by atoms with Gasteiger partial charge in [0.2, 0.25) is 17.5 Å². The summed E-state index contributed by atoms with van der Waals surface area (Å²) in [5.74, 6) is 0.912. The number of hydrogen-bond donors (Lipinski definition) is 1. The molecule has 1 aromatic heterocycles. The number of thioether (sulfide) groups is 1. The quantitative estimate of drug-likeness (QED) is 0.553. The van der Waals surface area contributed by atoms with Crippen LogP contribution in [-0.2, 0) is 4.79 Å². The van der Waals surface area contributed by atoms with Gasteiger partial charge in [0, 0.05) is 10.5 Å². The Bertz CT molecular complexity index is 969. The third-order valence-electron chi connectivity index (χ3n) is 3.77. The van der Waals surface area contributed by atoms with Gasteiger partial charge in [-0.1, -0.05) is 5.10 Å². The van der Waals surface area contributed by atoms with Crippen molar-refractivity contribution in [1.82, 2.24) is 10.2 Å². The van der Waals surface area contributed by atoms with Crippen LogP contribution in [0.2, 0.25) is 0 Å². The Labute approximate surface area is 170 Å². The van der Waals surface area contributed by atoms with Gasteiger partial charge in [0.1, 0.15) is 5.82 Å². The Morgan fingerprint density at radius 1 is 1.07 bits per heavy atom. The highest BCUT2D eigenvalue weighted by atomic mass is 32.2. The van der Waals surface area contributed by atoms with Crippen LogP contribution in [0.25, 0.3) is 11.5 Å². The molecule has 0 unspecified atom stereocenters. The Morgan fingerprint density at radius 2 is 1.72 bits per heavy atom. The molecule has 1 amide bonds. The number of carbonyl (C=O) groups excluding carboxylic acids is 1. The maximum absolute atomic E-state index is 12.9. The van der Waals surface area contributed by atoms with E-state index in [1.54, 1.807) is 24.3 Å². The van der Waals surface area contributed by atoms with E-state index in [1.807, 2.05) is 0 Å². The summed E-state index contributed by atoms with van der Waals surface area (Å²) in [6, 6.07) is 9.14. The summed E-state index contributed by atoms with van der Waals surface area (Å²) < 4.78 is 34.3. The number of nitrogens with one attached hydrogen (secondary N) is 1. The van der Waals surface area contributed by atoms with Crippen LogP contribution in [0, 0.1) is 5.82 Å². The van der Waals surface area contributed by atoms with Gasteiger partial charge in [-0.3, -0.25) is 10.1 Å². The molecule has 0 fully saturated rings. The Balaban J connectivity index is 1.68. The van der Waals surface area contributed by atoms with Gasteiger partial charge < -0.3 is 18.6 Å². The third kappa shape index (κ3) is 4.96. The first kappa shape index (κ1) is 20.5. The molecule has 10 heteroatoms. The largest absolute Gasteiger partial charge is 0.493 e. The van der Waals surface area contributed by atoms with Crippen LogP contribution >= 0.6 is 11.8 Å². The lowest BCUT2D eigenvalue weighted by Crippen LogP contribution is -2.14. The number of aromatic nitrogens is 2. The normalized spacial score (nSPS) is 10.5. The zero-order valence-corrected chi connectivity index (χ0v) is 16.7. The monoisotopic (exact) mass is 419 g/mol. The second-order valence-electron chi connectivity index (χ2n) is 5.62. The van der Waals surface area contributed by atoms with Gasteiger partial charge in [-0.15, -0.1) is 16.9 Å². The number of amides is 1. The number of benzene rings is 2. The zero-order valence-electron chi connectivity index (χ0n) is 15.9. The standard InChI is InChI=1S/C19H18FN3O5S/c1-25-14-8-11(9-15(26-2)17(14)27-3)18-22-23-19(28-18)21-16(24)10-29-13-6-4-12(20)5-7-13/h4-9H,10H2,1-3H3,(H,21,23,24). The highest BCUT2D eigenvalue weighted by Gasteiger charge is 2.18.